The molecular weight excluding hydrogens is 128 g/mol. The Kier molecular flexibility index (Phi) is 2.37. The van der Waals surface area contributed by atoms with Gasteiger partial charge >= 0.3 is 0 Å². The van der Waals surface area contributed by atoms with Gasteiger partial charge in [0.05, 0.1) is 0 Å². The first-order valence-corrected chi connectivity index (χ1v) is 3.49. The standard InChI is InChI=1S/C8H12O2/c1-3-7-8(4-2)10-6-5-9-7/h3H,1,4-6H2,2H3. The normalized spacial score (nSPS) is 17.7. The van der Waals surface area contributed by atoms with Crippen LogP contribution in [0.3, 0.4) is 0 Å². The first-order chi connectivity index (χ1) is 4.88. The molecule has 0 spiro atoms. The predicted octanol–water partition coefficient (Wildman–Crippen LogP) is 1.84. The summed E-state index contributed by atoms with van der Waals surface area (Å²) in [5.41, 5.74) is 0. The van der Waals surface area contributed by atoms with Crippen LogP contribution in [0.1, 0.15) is 13.3 Å². The third kappa shape index (κ3) is 1.32. The highest BCUT2D eigenvalue weighted by Crippen LogP contribution is 2.16. The van der Waals surface area contributed by atoms with Gasteiger partial charge in [-0.2, -0.15) is 0 Å². The van der Waals surface area contributed by atoms with Crippen LogP contribution in [-0.4, -0.2) is 13.2 Å². The van der Waals surface area contributed by atoms with Crippen molar-refractivity contribution < 1.29 is 9.47 Å². The summed E-state index contributed by atoms with van der Waals surface area (Å²) in [4.78, 5) is 0. The van der Waals surface area contributed by atoms with E-state index < -0.39 is 0 Å². The van der Waals surface area contributed by atoms with Gasteiger partial charge in [0.25, 0.3) is 0 Å². The highest BCUT2D eigenvalue weighted by molar-refractivity contribution is 5.14. The lowest BCUT2D eigenvalue weighted by Crippen LogP contribution is -2.12. The molecule has 0 unspecified atom stereocenters. The van der Waals surface area contributed by atoms with E-state index in [4.69, 9.17) is 9.47 Å². The maximum absolute atomic E-state index is 5.31. The highest BCUT2D eigenvalue weighted by Gasteiger charge is 2.09. The monoisotopic (exact) mass is 140 g/mol. The van der Waals surface area contributed by atoms with Gasteiger partial charge in [-0.3, -0.25) is 0 Å². The van der Waals surface area contributed by atoms with Crippen LogP contribution in [0.2, 0.25) is 0 Å². The summed E-state index contributed by atoms with van der Waals surface area (Å²) < 4.78 is 10.6. The van der Waals surface area contributed by atoms with Gasteiger partial charge in [-0.05, 0) is 6.08 Å². The lowest BCUT2D eigenvalue weighted by Gasteiger charge is -2.18. The van der Waals surface area contributed by atoms with Crippen molar-refractivity contribution in [1.82, 2.24) is 0 Å². The summed E-state index contributed by atoms with van der Waals surface area (Å²) in [6, 6.07) is 0. The largest absolute Gasteiger partial charge is 0.491 e. The average Bonchev–Trinajstić information content (AvgIpc) is 2.04. The molecule has 2 nitrogen and oxygen atoms in total. The summed E-state index contributed by atoms with van der Waals surface area (Å²) >= 11 is 0. The topological polar surface area (TPSA) is 18.5 Å². The zero-order chi connectivity index (χ0) is 7.40. The molecule has 0 fully saturated rings. The van der Waals surface area contributed by atoms with Gasteiger partial charge in [-0.25, -0.2) is 0 Å². The first-order valence-electron chi connectivity index (χ1n) is 3.49. The Morgan fingerprint density at radius 2 is 2.20 bits per heavy atom. The summed E-state index contributed by atoms with van der Waals surface area (Å²) in [7, 11) is 0. The van der Waals surface area contributed by atoms with Crippen LogP contribution >= 0.6 is 0 Å². The molecule has 1 aliphatic heterocycles. The summed E-state index contributed by atoms with van der Waals surface area (Å²) in [5, 5.41) is 0. The van der Waals surface area contributed by atoms with Crippen LogP contribution < -0.4 is 0 Å². The zero-order valence-electron chi connectivity index (χ0n) is 6.22. The third-order valence-electron chi connectivity index (χ3n) is 1.40. The Morgan fingerprint density at radius 3 is 2.70 bits per heavy atom. The van der Waals surface area contributed by atoms with E-state index in [-0.39, 0.29) is 0 Å². The minimum absolute atomic E-state index is 0.644. The van der Waals surface area contributed by atoms with Gasteiger partial charge in [0.15, 0.2) is 5.76 Å². The van der Waals surface area contributed by atoms with Gasteiger partial charge in [0, 0.05) is 6.42 Å². The summed E-state index contributed by atoms with van der Waals surface area (Å²) in [5.74, 6) is 1.72. The smallest absolute Gasteiger partial charge is 0.156 e. The van der Waals surface area contributed by atoms with Crippen molar-refractivity contribution in [2.75, 3.05) is 13.2 Å². The fourth-order valence-electron chi connectivity index (χ4n) is 0.917. The maximum atomic E-state index is 5.31. The van der Waals surface area contributed by atoms with Crippen molar-refractivity contribution in [2.45, 2.75) is 13.3 Å². The van der Waals surface area contributed by atoms with E-state index in [9.17, 15) is 0 Å². The highest BCUT2D eigenvalue weighted by atomic mass is 16.6. The van der Waals surface area contributed by atoms with Gasteiger partial charge in [-0.1, -0.05) is 13.5 Å². The Morgan fingerprint density at radius 1 is 1.50 bits per heavy atom. The van der Waals surface area contributed by atoms with Crippen LogP contribution in [0.4, 0.5) is 0 Å². The molecule has 2 heteroatoms. The van der Waals surface area contributed by atoms with Crippen LogP contribution in [0.5, 0.6) is 0 Å². The van der Waals surface area contributed by atoms with Crippen LogP contribution in [0.25, 0.3) is 0 Å². The van der Waals surface area contributed by atoms with Gasteiger partial charge in [0.2, 0.25) is 0 Å². The fraction of sp³-hybridized carbons (Fsp3) is 0.500. The van der Waals surface area contributed by atoms with Crippen molar-refractivity contribution in [3.8, 4) is 0 Å². The van der Waals surface area contributed by atoms with E-state index in [0.717, 1.165) is 17.9 Å². The van der Waals surface area contributed by atoms with E-state index in [1.807, 2.05) is 6.92 Å². The molecule has 0 aliphatic carbocycles. The second-order valence-electron chi connectivity index (χ2n) is 2.04. The minimum Gasteiger partial charge on any atom is -0.491 e. The molecule has 0 bridgehead atoms. The molecule has 0 aromatic heterocycles. The van der Waals surface area contributed by atoms with E-state index >= 15 is 0 Å². The quantitative estimate of drug-likeness (QED) is 0.582. The van der Waals surface area contributed by atoms with Gasteiger partial charge < -0.3 is 9.47 Å². The molecule has 0 radical (unpaired) electrons. The maximum Gasteiger partial charge on any atom is 0.156 e. The Bertz CT molecular complexity index is 159. The second-order valence-corrected chi connectivity index (χ2v) is 2.04. The van der Waals surface area contributed by atoms with E-state index in [1.54, 1.807) is 6.08 Å². The number of hydrogen-bond donors (Lipinski definition) is 0. The number of allylic oxidation sites excluding steroid dienone is 2. The molecule has 1 rings (SSSR count). The first kappa shape index (κ1) is 7.19. The van der Waals surface area contributed by atoms with Crippen molar-refractivity contribution in [3.63, 3.8) is 0 Å². The Balaban J connectivity index is 2.72. The lowest BCUT2D eigenvalue weighted by atomic mass is 10.3. The second kappa shape index (κ2) is 3.30. The van der Waals surface area contributed by atoms with E-state index in [0.29, 0.717) is 13.2 Å². The molecule has 0 amide bonds. The molecule has 1 heterocycles. The molecule has 0 saturated carbocycles. The summed E-state index contributed by atoms with van der Waals surface area (Å²) in [6.07, 6.45) is 2.57. The summed E-state index contributed by atoms with van der Waals surface area (Å²) in [6.45, 7) is 6.97. The minimum atomic E-state index is 0.644. The lowest BCUT2D eigenvalue weighted by molar-refractivity contribution is 0.0658. The van der Waals surface area contributed by atoms with Gasteiger partial charge in [-0.15, -0.1) is 0 Å². The predicted molar refractivity (Wildman–Crippen MR) is 39.4 cm³/mol. The van der Waals surface area contributed by atoms with Crippen molar-refractivity contribution >= 4 is 0 Å². The average molecular weight is 140 g/mol. The van der Waals surface area contributed by atoms with E-state index in [2.05, 4.69) is 6.58 Å². The molecule has 0 aromatic rings. The van der Waals surface area contributed by atoms with Crippen LogP contribution in [0.15, 0.2) is 24.2 Å². The molecule has 10 heavy (non-hydrogen) atoms. The fourth-order valence-corrected chi connectivity index (χ4v) is 0.917. The van der Waals surface area contributed by atoms with Crippen LogP contribution in [-0.2, 0) is 9.47 Å². The third-order valence-corrected chi connectivity index (χ3v) is 1.40. The zero-order valence-corrected chi connectivity index (χ0v) is 6.22. The molecule has 0 atom stereocenters. The molecule has 0 aromatic carbocycles. The van der Waals surface area contributed by atoms with Crippen molar-refractivity contribution in [3.05, 3.63) is 24.2 Å². The molecule has 1 aliphatic rings. The molecular formula is C8H12O2. The van der Waals surface area contributed by atoms with Gasteiger partial charge in [0.1, 0.15) is 19.0 Å². The molecule has 56 valence electrons. The number of rotatable bonds is 2. The molecule has 0 saturated heterocycles. The SMILES string of the molecule is C=CC1=C(CC)OCCO1. The Labute approximate surface area is 61.1 Å². The Hall–Kier alpha value is -0.920. The molecule has 0 N–H and O–H groups in total. The van der Waals surface area contributed by atoms with E-state index in [1.165, 1.54) is 0 Å². The van der Waals surface area contributed by atoms with Crippen molar-refractivity contribution in [2.24, 2.45) is 0 Å². The van der Waals surface area contributed by atoms with Crippen molar-refractivity contribution in [1.29, 1.82) is 0 Å². The number of hydrogen-bond acceptors (Lipinski definition) is 2. The number of ether oxygens (including phenoxy) is 2. The van der Waals surface area contributed by atoms with Crippen LogP contribution in [0, 0.1) is 0 Å².